The minimum Gasteiger partial charge on any atom is -0.341 e. The highest BCUT2D eigenvalue weighted by molar-refractivity contribution is 7.80. The predicted octanol–water partition coefficient (Wildman–Crippen LogP) is 0.235. The summed E-state index contributed by atoms with van der Waals surface area (Å²) in [6, 6.07) is -0.128. The van der Waals surface area contributed by atoms with E-state index in [9.17, 15) is 4.79 Å². The fourth-order valence-corrected chi connectivity index (χ4v) is 0.527. The molecule has 0 unspecified atom stereocenters. The van der Waals surface area contributed by atoms with Gasteiger partial charge >= 0.3 is 6.03 Å². The summed E-state index contributed by atoms with van der Waals surface area (Å²) in [5.74, 6) is 0.810. The highest BCUT2D eigenvalue weighted by atomic mass is 32.1. The summed E-state index contributed by atoms with van der Waals surface area (Å²) < 4.78 is 0. The van der Waals surface area contributed by atoms with E-state index >= 15 is 0 Å². The second kappa shape index (κ2) is 5.75. The molecule has 0 aromatic carbocycles. The van der Waals surface area contributed by atoms with Crippen LogP contribution in [0.1, 0.15) is 6.42 Å². The first-order chi connectivity index (χ1) is 4.31. The normalized spacial score (nSPS) is 8.67. The van der Waals surface area contributed by atoms with Crippen molar-refractivity contribution in [2.75, 3.05) is 19.3 Å². The molecule has 0 bridgehead atoms. The molecule has 9 heavy (non-hydrogen) atoms. The Morgan fingerprint density at radius 1 is 1.67 bits per heavy atom. The number of nitrogens with one attached hydrogen (secondary N) is 2. The molecule has 0 aromatic heterocycles. The molecule has 2 N–H and O–H groups in total. The summed E-state index contributed by atoms with van der Waals surface area (Å²) in [5.41, 5.74) is 0. The van der Waals surface area contributed by atoms with E-state index in [-0.39, 0.29) is 6.03 Å². The van der Waals surface area contributed by atoms with E-state index in [1.165, 1.54) is 0 Å². The maximum atomic E-state index is 10.4. The minimum absolute atomic E-state index is 0.128. The summed E-state index contributed by atoms with van der Waals surface area (Å²) in [4.78, 5) is 10.4. The van der Waals surface area contributed by atoms with Crippen LogP contribution in [0.3, 0.4) is 0 Å². The summed E-state index contributed by atoms with van der Waals surface area (Å²) in [7, 11) is 1.59. The number of urea groups is 1. The van der Waals surface area contributed by atoms with Crippen LogP contribution in [0.2, 0.25) is 0 Å². The smallest absolute Gasteiger partial charge is 0.314 e. The van der Waals surface area contributed by atoms with Gasteiger partial charge in [-0.15, -0.1) is 0 Å². The maximum absolute atomic E-state index is 10.4. The summed E-state index contributed by atoms with van der Waals surface area (Å²) in [6.07, 6.45) is 0.913. The first-order valence-electron chi connectivity index (χ1n) is 2.87. The highest BCUT2D eigenvalue weighted by Gasteiger charge is 1.90. The minimum atomic E-state index is -0.128. The first-order valence-corrected chi connectivity index (χ1v) is 3.51. The third-order valence-electron chi connectivity index (χ3n) is 0.848. The Morgan fingerprint density at radius 3 is 2.78 bits per heavy atom. The lowest BCUT2D eigenvalue weighted by atomic mass is 10.5. The van der Waals surface area contributed by atoms with Crippen LogP contribution >= 0.6 is 12.6 Å². The van der Waals surface area contributed by atoms with E-state index in [1.54, 1.807) is 7.05 Å². The molecule has 0 spiro atoms. The standard InChI is InChI=1S/C5H12N2OS/c1-6-5(8)7-3-2-4-9/h9H,2-4H2,1H3,(H2,6,7,8). The zero-order valence-electron chi connectivity index (χ0n) is 5.48. The van der Waals surface area contributed by atoms with Crippen molar-refractivity contribution in [3.8, 4) is 0 Å². The van der Waals surface area contributed by atoms with E-state index in [4.69, 9.17) is 0 Å². The molecule has 0 aliphatic carbocycles. The molecule has 0 saturated carbocycles. The third-order valence-corrected chi connectivity index (χ3v) is 1.16. The Kier molecular flexibility index (Phi) is 5.51. The van der Waals surface area contributed by atoms with Crippen LogP contribution in [-0.4, -0.2) is 25.4 Å². The van der Waals surface area contributed by atoms with Crippen molar-refractivity contribution in [3.05, 3.63) is 0 Å². The second-order valence-corrected chi connectivity index (χ2v) is 2.03. The molecule has 54 valence electrons. The molecule has 0 atom stereocenters. The molecule has 2 amide bonds. The van der Waals surface area contributed by atoms with Gasteiger partial charge in [-0.05, 0) is 12.2 Å². The van der Waals surface area contributed by atoms with E-state index in [1.807, 2.05) is 0 Å². The zero-order valence-corrected chi connectivity index (χ0v) is 6.37. The van der Waals surface area contributed by atoms with E-state index in [0.717, 1.165) is 12.2 Å². The van der Waals surface area contributed by atoms with Crippen LogP contribution in [0.5, 0.6) is 0 Å². The van der Waals surface area contributed by atoms with Gasteiger partial charge in [0, 0.05) is 13.6 Å². The fourth-order valence-electron chi connectivity index (χ4n) is 0.369. The lowest BCUT2D eigenvalue weighted by Crippen LogP contribution is -2.33. The number of carbonyl (C=O) groups excluding carboxylic acids is 1. The van der Waals surface area contributed by atoms with Crippen molar-refractivity contribution in [1.29, 1.82) is 0 Å². The Morgan fingerprint density at radius 2 is 2.33 bits per heavy atom. The Bertz CT molecular complexity index is 87.0. The van der Waals surface area contributed by atoms with Gasteiger partial charge < -0.3 is 10.6 Å². The van der Waals surface area contributed by atoms with Crippen LogP contribution in [0, 0.1) is 0 Å². The maximum Gasteiger partial charge on any atom is 0.314 e. The van der Waals surface area contributed by atoms with Crippen LogP contribution < -0.4 is 10.6 Å². The van der Waals surface area contributed by atoms with Crippen molar-refractivity contribution in [3.63, 3.8) is 0 Å². The van der Waals surface area contributed by atoms with Gasteiger partial charge in [0.2, 0.25) is 0 Å². The SMILES string of the molecule is CNC(=O)NCCCS. The Balaban J connectivity index is 2.97. The lowest BCUT2D eigenvalue weighted by molar-refractivity contribution is 0.243. The van der Waals surface area contributed by atoms with Crippen molar-refractivity contribution < 1.29 is 4.79 Å². The van der Waals surface area contributed by atoms with Crippen LogP contribution in [0.25, 0.3) is 0 Å². The number of rotatable bonds is 3. The number of carbonyl (C=O) groups is 1. The van der Waals surface area contributed by atoms with Crippen molar-refractivity contribution >= 4 is 18.7 Å². The van der Waals surface area contributed by atoms with Gasteiger partial charge in [0.05, 0.1) is 0 Å². The molecule has 0 fully saturated rings. The van der Waals surface area contributed by atoms with Gasteiger partial charge in [-0.1, -0.05) is 0 Å². The molecular formula is C5H12N2OS. The molecule has 3 nitrogen and oxygen atoms in total. The van der Waals surface area contributed by atoms with Gasteiger partial charge in [0.15, 0.2) is 0 Å². The van der Waals surface area contributed by atoms with E-state index in [2.05, 4.69) is 23.3 Å². The van der Waals surface area contributed by atoms with Gasteiger partial charge in [0.1, 0.15) is 0 Å². The molecule has 0 aliphatic heterocycles. The van der Waals surface area contributed by atoms with Gasteiger partial charge in [0.25, 0.3) is 0 Å². The summed E-state index contributed by atoms with van der Waals surface area (Å²) >= 11 is 3.98. The quantitative estimate of drug-likeness (QED) is 0.389. The Labute approximate surface area is 60.6 Å². The van der Waals surface area contributed by atoms with Gasteiger partial charge in [-0.25, -0.2) is 4.79 Å². The highest BCUT2D eigenvalue weighted by Crippen LogP contribution is 1.78. The third kappa shape index (κ3) is 5.49. The van der Waals surface area contributed by atoms with E-state index in [0.29, 0.717) is 6.54 Å². The predicted molar refractivity (Wildman–Crippen MR) is 40.9 cm³/mol. The molecule has 0 aliphatic rings. The second-order valence-electron chi connectivity index (χ2n) is 1.58. The molecule has 0 rings (SSSR count). The average Bonchev–Trinajstić information content (AvgIpc) is 1.89. The van der Waals surface area contributed by atoms with Crippen LogP contribution in [0.15, 0.2) is 0 Å². The number of hydrogen-bond donors (Lipinski definition) is 3. The molecule has 0 radical (unpaired) electrons. The van der Waals surface area contributed by atoms with Crippen LogP contribution in [-0.2, 0) is 0 Å². The molecule has 0 aromatic rings. The van der Waals surface area contributed by atoms with Crippen molar-refractivity contribution in [2.45, 2.75) is 6.42 Å². The fraction of sp³-hybridized carbons (Fsp3) is 0.800. The lowest BCUT2D eigenvalue weighted by Gasteiger charge is -2.00. The Hall–Kier alpha value is -0.380. The van der Waals surface area contributed by atoms with Crippen molar-refractivity contribution in [2.24, 2.45) is 0 Å². The van der Waals surface area contributed by atoms with Gasteiger partial charge in [-0.2, -0.15) is 12.6 Å². The largest absolute Gasteiger partial charge is 0.341 e. The molecule has 4 heteroatoms. The number of amides is 2. The molecular weight excluding hydrogens is 136 g/mol. The van der Waals surface area contributed by atoms with E-state index < -0.39 is 0 Å². The summed E-state index contributed by atoms with van der Waals surface area (Å²) in [6.45, 7) is 0.698. The average molecular weight is 148 g/mol. The molecule has 0 saturated heterocycles. The number of thiol groups is 1. The van der Waals surface area contributed by atoms with Crippen LogP contribution in [0.4, 0.5) is 4.79 Å². The summed E-state index contributed by atoms with van der Waals surface area (Å²) in [5, 5.41) is 5.08. The zero-order chi connectivity index (χ0) is 7.11. The monoisotopic (exact) mass is 148 g/mol. The molecule has 0 heterocycles. The van der Waals surface area contributed by atoms with Crippen molar-refractivity contribution in [1.82, 2.24) is 10.6 Å². The number of hydrogen-bond acceptors (Lipinski definition) is 2. The topological polar surface area (TPSA) is 41.1 Å². The first kappa shape index (κ1) is 8.62. The van der Waals surface area contributed by atoms with Gasteiger partial charge in [-0.3, -0.25) is 0 Å².